The van der Waals surface area contributed by atoms with Crippen molar-refractivity contribution in [3.63, 3.8) is 0 Å². The molecule has 0 unspecified atom stereocenters. The number of nitrogens with zero attached hydrogens (tertiary/aromatic N) is 2. The summed E-state index contributed by atoms with van der Waals surface area (Å²) in [6, 6.07) is 20.8. The highest BCUT2D eigenvalue weighted by Gasteiger charge is 2.12. The lowest BCUT2D eigenvalue weighted by molar-refractivity contribution is -0.113. The summed E-state index contributed by atoms with van der Waals surface area (Å²) in [6.07, 6.45) is 3.22. The Kier molecular flexibility index (Phi) is 5.81. The Morgan fingerprint density at radius 2 is 1.83 bits per heavy atom. The van der Waals surface area contributed by atoms with E-state index in [1.54, 1.807) is 48.3 Å². The first-order valence-electron chi connectivity index (χ1n) is 9.28. The number of hydrogen-bond donors (Lipinski definition) is 1. The number of ether oxygens (including phenoxy) is 1. The molecule has 4 aromatic rings. The molecule has 1 N–H and O–H groups in total. The van der Waals surface area contributed by atoms with Crippen molar-refractivity contribution >= 4 is 34.1 Å². The fourth-order valence-electron chi connectivity index (χ4n) is 3.11. The number of carbonyl (C=O) groups excluding carboxylic acids is 1. The second kappa shape index (κ2) is 8.84. The number of amides is 1. The molecule has 0 bridgehead atoms. The number of fused-ring (bicyclic) bond motifs is 1. The molecule has 1 aromatic heterocycles. The van der Waals surface area contributed by atoms with Gasteiger partial charge in [-0.3, -0.25) is 14.2 Å². The molecule has 0 saturated carbocycles. The molecule has 0 aliphatic rings. The Morgan fingerprint density at radius 1 is 1.07 bits per heavy atom. The summed E-state index contributed by atoms with van der Waals surface area (Å²) in [5.74, 6) is 0.574. The van der Waals surface area contributed by atoms with Crippen molar-refractivity contribution in [2.75, 3.05) is 18.2 Å². The normalized spacial score (nSPS) is 10.7. The van der Waals surface area contributed by atoms with Crippen molar-refractivity contribution in [2.24, 2.45) is 0 Å². The Hall–Kier alpha value is -3.58. The lowest BCUT2D eigenvalue weighted by Gasteiger charge is -2.10. The zero-order chi connectivity index (χ0) is 20.9. The van der Waals surface area contributed by atoms with Gasteiger partial charge in [0, 0.05) is 23.5 Å². The summed E-state index contributed by atoms with van der Waals surface area (Å²) < 4.78 is 6.67. The Labute approximate surface area is 177 Å². The SMILES string of the molecule is COc1ccc(NC(=O)CSc2nccn(-c3cccc4ccccc34)c2=O)cc1. The maximum Gasteiger partial charge on any atom is 0.287 e. The number of carbonyl (C=O) groups is 1. The van der Waals surface area contributed by atoms with Crippen LogP contribution in [0.4, 0.5) is 5.69 Å². The topological polar surface area (TPSA) is 73.2 Å². The van der Waals surface area contributed by atoms with Crippen molar-refractivity contribution in [1.29, 1.82) is 0 Å². The van der Waals surface area contributed by atoms with Crippen LogP contribution in [0.3, 0.4) is 0 Å². The third kappa shape index (κ3) is 4.21. The fraction of sp³-hybridized carbons (Fsp3) is 0.0870. The molecule has 0 fully saturated rings. The summed E-state index contributed by atoms with van der Waals surface area (Å²) in [6.45, 7) is 0. The quantitative estimate of drug-likeness (QED) is 0.478. The monoisotopic (exact) mass is 417 g/mol. The molecule has 150 valence electrons. The van der Waals surface area contributed by atoms with Crippen LogP contribution in [0.1, 0.15) is 0 Å². The van der Waals surface area contributed by atoms with E-state index in [-0.39, 0.29) is 22.2 Å². The summed E-state index contributed by atoms with van der Waals surface area (Å²) >= 11 is 1.12. The van der Waals surface area contributed by atoms with Gasteiger partial charge in [0.2, 0.25) is 5.91 Å². The van der Waals surface area contributed by atoms with Crippen molar-refractivity contribution in [2.45, 2.75) is 5.03 Å². The first-order valence-corrected chi connectivity index (χ1v) is 10.3. The van der Waals surface area contributed by atoms with Gasteiger partial charge in [-0.2, -0.15) is 0 Å². The van der Waals surface area contributed by atoms with Crippen LogP contribution in [0.2, 0.25) is 0 Å². The largest absolute Gasteiger partial charge is 0.497 e. The molecule has 0 radical (unpaired) electrons. The third-order valence-corrected chi connectivity index (χ3v) is 5.51. The lowest BCUT2D eigenvalue weighted by atomic mass is 10.1. The van der Waals surface area contributed by atoms with E-state index in [4.69, 9.17) is 4.74 Å². The van der Waals surface area contributed by atoms with Gasteiger partial charge in [0.15, 0.2) is 5.03 Å². The number of thioether (sulfide) groups is 1. The van der Waals surface area contributed by atoms with Gasteiger partial charge in [0.1, 0.15) is 5.75 Å². The number of nitrogens with one attached hydrogen (secondary N) is 1. The number of hydrogen-bond acceptors (Lipinski definition) is 5. The van der Waals surface area contributed by atoms with Gasteiger partial charge in [-0.05, 0) is 35.7 Å². The van der Waals surface area contributed by atoms with Crippen LogP contribution in [0.25, 0.3) is 16.5 Å². The van der Waals surface area contributed by atoms with E-state index in [0.717, 1.165) is 28.2 Å². The van der Waals surface area contributed by atoms with E-state index >= 15 is 0 Å². The number of methoxy groups -OCH3 is 1. The van der Waals surface area contributed by atoms with E-state index in [1.807, 2.05) is 42.5 Å². The van der Waals surface area contributed by atoms with Crippen LogP contribution < -0.4 is 15.6 Å². The molecule has 0 aliphatic carbocycles. The van der Waals surface area contributed by atoms with E-state index in [2.05, 4.69) is 10.3 Å². The summed E-state index contributed by atoms with van der Waals surface area (Å²) in [4.78, 5) is 29.4. The molecule has 1 amide bonds. The molecule has 0 spiro atoms. The molecular weight excluding hydrogens is 398 g/mol. The number of anilines is 1. The molecule has 30 heavy (non-hydrogen) atoms. The van der Waals surface area contributed by atoms with Crippen LogP contribution in [-0.4, -0.2) is 28.3 Å². The van der Waals surface area contributed by atoms with E-state index in [1.165, 1.54) is 0 Å². The number of aromatic nitrogens is 2. The molecule has 7 heteroatoms. The van der Waals surface area contributed by atoms with Gasteiger partial charge in [0.05, 0.1) is 18.6 Å². The fourth-order valence-corrected chi connectivity index (χ4v) is 3.80. The number of rotatable bonds is 6. The Bertz CT molecular complexity index is 1250. The van der Waals surface area contributed by atoms with Crippen molar-refractivity contribution < 1.29 is 9.53 Å². The van der Waals surface area contributed by atoms with E-state index in [0.29, 0.717) is 11.4 Å². The highest BCUT2D eigenvalue weighted by atomic mass is 32.2. The maximum absolute atomic E-state index is 13.0. The minimum atomic E-state index is -0.254. The van der Waals surface area contributed by atoms with Gasteiger partial charge >= 0.3 is 0 Å². The molecule has 3 aromatic carbocycles. The van der Waals surface area contributed by atoms with Crippen molar-refractivity contribution in [1.82, 2.24) is 9.55 Å². The number of benzene rings is 3. The van der Waals surface area contributed by atoms with Gasteiger partial charge in [-0.15, -0.1) is 0 Å². The summed E-state index contributed by atoms with van der Waals surface area (Å²) in [5, 5.41) is 5.10. The molecule has 0 saturated heterocycles. The van der Waals surface area contributed by atoms with Gasteiger partial charge in [0.25, 0.3) is 5.56 Å². The Balaban J connectivity index is 1.52. The second-order valence-corrected chi connectivity index (χ2v) is 7.44. The predicted molar refractivity (Wildman–Crippen MR) is 120 cm³/mol. The third-order valence-electron chi connectivity index (χ3n) is 4.55. The predicted octanol–water partition coefficient (Wildman–Crippen LogP) is 4.13. The lowest BCUT2D eigenvalue weighted by Crippen LogP contribution is -2.22. The van der Waals surface area contributed by atoms with Crippen LogP contribution in [0, 0.1) is 0 Å². The summed E-state index contributed by atoms with van der Waals surface area (Å²) in [7, 11) is 1.59. The first kappa shape index (κ1) is 19.7. The zero-order valence-electron chi connectivity index (χ0n) is 16.2. The molecular formula is C23H19N3O3S. The average Bonchev–Trinajstić information content (AvgIpc) is 2.78. The maximum atomic E-state index is 13.0. The van der Waals surface area contributed by atoms with Crippen LogP contribution in [0.15, 0.2) is 88.9 Å². The molecule has 0 atom stereocenters. The Morgan fingerprint density at radius 3 is 2.63 bits per heavy atom. The molecule has 1 heterocycles. The highest BCUT2D eigenvalue weighted by molar-refractivity contribution is 7.99. The van der Waals surface area contributed by atoms with Crippen molar-refractivity contribution in [3.8, 4) is 11.4 Å². The van der Waals surface area contributed by atoms with Crippen LogP contribution in [-0.2, 0) is 4.79 Å². The van der Waals surface area contributed by atoms with E-state index in [9.17, 15) is 9.59 Å². The first-order chi connectivity index (χ1) is 14.7. The molecule has 4 rings (SSSR count). The minimum Gasteiger partial charge on any atom is -0.497 e. The van der Waals surface area contributed by atoms with Gasteiger partial charge in [-0.25, -0.2) is 4.98 Å². The van der Waals surface area contributed by atoms with Gasteiger partial charge in [-0.1, -0.05) is 48.2 Å². The summed E-state index contributed by atoms with van der Waals surface area (Å²) in [5.41, 5.74) is 1.19. The smallest absolute Gasteiger partial charge is 0.287 e. The van der Waals surface area contributed by atoms with Crippen LogP contribution >= 0.6 is 11.8 Å². The zero-order valence-corrected chi connectivity index (χ0v) is 17.1. The van der Waals surface area contributed by atoms with Crippen molar-refractivity contribution in [3.05, 3.63) is 89.5 Å². The van der Waals surface area contributed by atoms with Gasteiger partial charge < -0.3 is 10.1 Å². The molecule has 0 aliphatic heterocycles. The van der Waals surface area contributed by atoms with Crippen LogP contribution in [0.5, 0.6) is 5.75 Å². The second-order valence-electron chi connectivity index (χ2n) is 6.47. The average molecular weight is 417 g/mol. The molecule has 6 nitrogen and oxygen atoms in total. The minimum absolute atomic E-state index is 0.0772. The van der Waals surface area contributed by atoms with E-state index < -0.39 is 0 Å². The highest BCUT2D eigenvalue weighted by Crippen LogP contribution is 2.22. The standard InChI is InChI=1S/C23H19N3O3S/c1-29-18-11-9-17(10-12-18)25-21(27)15-30-22-23(28)26(14-13-24-22)20-8-4-6-16-5-2-3-7-19(16)20/h2-14H,15H2,1H3,(H,25,27).